The van der Waals surface area contributed by atoms with E-state index in [0.29, 0.717) is 33.0 Å². The summed E-state index contributed by atoms with van der Waals surface area (Å²) in [5, 5.41) is 1.03. The third kappa shape index (κ3) is 7.55. The molecule has 206 valence electrons. The van der Waals surface area contributed by atoms with Crippen molar-refractivity contribution in [3.8, 4) is 16.9 Å². The number of unbranched alkanes of at least 4 members (excludes halogenated alkanes) is 3. The topological polar surface area (TPSA) is 9.23 Å². The van der Waals surface area contributed by atoms with Gasteiger partial charge in [0.1, 0.15) is 11.6 Å². The average Bonchev–Trinajstić information content (AvgIpc) is 2.89. The van der Waals surface area contributed by atoms with Gasteiger partial charge in [0.15, 0.2) is 18.2 Å². The van der Waals surface area contributed by atoms with E-state index < -0.39 is 30.2 Å². The summed E-state index contributed by atoms with van der Waals surface area (Å²) in [4.78, 5) is 0. The van der Waals surface area contributed by atoms with Gasteiger partial charge in [0.2, 0.25) is 0 Å². The van der Waals surface area contributed by atoms with Gasteiger partial charge in [-0.2, -0.15) is 13.2 Å². The zero-order valence-electron chi connectivity index (χ0n) is 21.7. The lowest BCUT2D eigenvalue weighted by molar-refractivity contribution is -0.153. The Morgan fingerprint density at radius 2 is 1.44 bits per heavy atom. The van der Waals surface area contributed by atoms with E-state index >= 15 is 4.39 Å². The summed E-state index contributed by atoms with van der Waals surface area (Å²) in [6.07, 6.45) is 1.30. The summed E-state index contributed by atoms with van der Waals surface area (Å²) in [6.45, 7) is 0.573. The minimum absolute atomic E-state index is 0.264. The highest BCUT2D eigenvalue weighted by molar-refractivity contribution is 5.88. The lowest BCUT2D eigenvalue weighted by atomic mass is 9.96. The minimum Gasteiger partial charge on any atom is -0.481 e. The summed E-state index contributed by atoms with van der Waals surface area (Å²) in [6, 6.07) is 17.5. The molecule has 0 radical (unpaired) electrons. The van der Waals surface area contributed by atoms with E-state index in [0.717, 1.165) is 43.4 Å². The number of alkyl halides is 3. The fourth-order valence-corrected chi connectivity index (χ4v) is 4.66. The van der Waals surface area contributed by atoms with Crippen LogP contribution in [0.3, 0.4) is 0 Å². The monoisotopic (exact) mass is 544 g/mol. The van der Waals surface area contributed by atoms with Crippen LogP contribution in [0, 0.1) is 17.5 Å². The quantitative estimate of drug-likeness (QED) is 0.135. The van der Waals surface area contributed by atoms with Crippen LogP contribution in [0.25, 0.3) is 21.9 Å². The number of hydrogen-bond donors (Lipinski definition) is 0. The van der Waals surface area contributed by atoms with Gasteiger partial charge in [0.25, 0.3) is 0 Å². The van der Waals surface area contributed by atoms with Crippen molar-refractivity contribution < 1.29 is 31.1 Å². The Morgan fingerprint density at radius 1 is 0.692 bits per heavy atom. The molecule has 0 unspecified atom stereocenters. The predicted octanol–water partition coefficient (Wildman–Crippen LogP) is 9.77. The highest BCUT2D eigenvalue weighted by atomic mass is 19.4. The van der Waals surface area contributed by atoms with E-state index in [-0.39, 0.29) is 18.7 Å². The molecule has 0 amide bonds. The summed E-state index contributed by atoms with van der Waals surface area (Å²) in [7, 11) is 0. The molecule has 0 aliphatic carbocycles. The maximum atomic E-state index is 15.3. The number of benzene rings is 4. The molecule has 0 aromatic heterocycles. The zero-order chi connectivity index (χ0) is 28.0. The second-order valence-electron chi connectivity index (χ2n) is 9.77. The molecule has 4 aromatic rings. The second-order valence-corrected chi connectivity index (χ2v) is 9.77. The molecular weight excluding hydrogens is 514 g/mol. The van der Waals surface area contributed by atoms with Crippen LogP contribution in [0.4, 0.5) is 26.3 Å². The lowest BCUT2D eigenvalue weighted by Gasteiger charge is -2.12. The summed E-state index contributed by atoms with van der Waals surface area (Å²) < 4.78 is 85.8. The lowest BCUT2D eigenvalue weighted by Crippen LogP contribution is -2.19. The Hall–Kier alpha value is -3.48. The van der Waals surface area contributed by atoms with Crippen molar-refractivity contribution >= 4 is 10.8 Å². The van der Waals surface area contributed by atoms with Gasteiger partial charge in [-0.1, -0.05) is 68.7 Å². The van der Waals surface area contributed by atoms with E-state index in [1.165, 1.54) is 12.5 Å². The van der Waals surface area contributed by atoms with Crippen molar-refractivity contribution in [2.24, 2.45) is 0 Å². The number of aryl methyl sites for hydroxylation is 3. The van der Waals surface area contributed by atoms with Crippen molar-refractivity contribution in [3.05, 3.63) is 101 Å². The van der Waals surface area contributed by atoms with Gasteiger partial charge >= 0.3 is 6.18 Å². The SMILES string of the molecule is CCCCCCc1ccc(-c2ccc3c(F)c(CCc4ccc(OCC(F)(F)F)c(F)c4)ccc3c2)c(F)c1. The van der Waals surface area contributed by atoms with Crippen LogP contribution < -0.4 is 4.74 Å². The number of halogens is 6. The average molecular weight is 545 g/mol. The van der Waals surface area contributed by atoms with Crippen LogP contribution >= 0.6 is 0 Å². The molecule has 0 spiro atoms. The maximum absolute atomic E-state index is 15.3. The third-order valence-electron chi connectivity index (χ3n) is 6.77. The van der Waals surface area contributed by atoms with Crippen LogP contribution in [-0.4, -0.2) is 12.8 Å². The van der Waals surface area contributed by atoms with Crippen molar-refractivity contribution in [2.75, 3.05) is 6.61 Å². The molecule has 0 saturated heterocycles. The van der Waals surface area contributed by atoms with Crippen molar-refractivity contribution in [2.45, 2.75) is 58.0 Å². The molecule has 0 saturated carbocycles. The molecule has 1 nitrogen and oxygen atoms in total. The highest BCUT2D eigenvalue weighted by Crippen LogP contribution is 2.30. The first-order chi connectivity index (χ1) is 18.6. The molecule has 0 atom stereocenters. The van der Waals surface area contributed by atoms with Gasteiger partial charge in [-0.3, -0.25) is 0 Å². The van der Waals surface area contributed by atoms with Crippen LogP contribution in [-0.2, 0) is 19.3 Å². The number of ether oxygens (including phenoxy) is 1. The Kier molecular flexibility index (Phi) is 9.20. The molecule has 39 heavy (non-hydrogen) atoms. The summed E-state index contributed by atoms with van der Waals surface area (Å²) in [5.41, 5.74) is 3.02. The molecule has 0 bridgehead atoms. The molecule has 0 N–H and O–H groups in total. The number of rotatable bonds is 11. The van der Waals surface area contributed by atoms with E-state index in [4.69, 9.17) is 0 Å². The smallest absolute Gasteiger partial charge is 0.422 e. The highest BCUT2D eigenvalue weighted by Gasteiger charge is 2.29. The van der Waals surface area contributed by atoms with E-state index in [1.54, 1.807) is 42.5 Å². The summed E-state index contributed by atoms with van der Waals surface area (Å²) >= 11 is 0. The first-order valence-corrected chi connectivity index (χ1v) is 13.1. The van der Waals surface area contributed by atoms with Crippen molar-refractivity contribution in [3.63, 3.8) is 0 Å². The van der Waals surface area contributed by atoms with E-state index in [1.807, 2.05) is 6.07 Å². The Balaban J connectivity index is 1.45. The normalized spacial score (nSPS) is 11.8. The Morgan fingerprint density at radius 3 is 2.15 bits per heavy atom. The zero-order valence-corrected chi connectivity index (χ0v) is 21.7. The van der Waals surface area contributed by atoms with Gasteiger partial charge in [-0.05, 0) is 77.6 Å². The van der Waals surface area contributed by atoms with Crippen molar-refractivity contribution in [1.82, 2.24) is 0 Å². The van der Waals surface area contributed by atoms with Crippen LogP contribution in [0.1, 0.15) is 49.3 Å². The predicted molar refractivity (Wildman–Crippen MR) is 143 cm³/mol. The molecule has 4 rings (SSSR count). The van der Waals surface area contributed by atoms with E-state index in [9.17, 15) is 22.0 Å². The largest absolute Gasteiger partial charge is 0.481 e. The molecule has 4 aromatic carbocycles. The molecule has 0 heterocycles. The third-order valence-corrected chi connectivity index (χ3v) is 6.77. The summed E-state index contributed by atoms with van der Waals surface area (Å²) in [5.74, 6) is -2.10. The molecule has 0 aliphatic heterocycles. The fraction of sp³-hybridized carbons (Fsp3) is 0.312. The fourth-order valence-electron chi connectivity index (χ4n) is 4.66. The van der Waals surface area contributed by atoms with E-state index in [2.05, 4.69) is 11.7 Å². The molecule has 7 heteroatoms. The van der Waals surface area contributed by atoms with Gasteiger partial charge in [-0.15, -0.1) is 0 Å². The number of fused-ring (bicyclic) bond motifs is 1. The first kappa shape index (κ1) is 28.5. The van der Waals surface area contributed by atoms with Crippen LogP contribution in [0.15, 0.2) is 66.7 Å². The van der Waals surface area contributed by atoms with Gasteiger partial charge in [0, 0.05) is 10.9 Å². The van der Waals surface area contributed by atoms with Crippen molar-refractivity contribution in [1.29, 1.82) is 0 Å². The Bertz CT molecular complexity index is 1430. The van der Waals surface area contributed by atoms with Crippen LogP contribution in [0.2, 0.25) is 0 Å². The number of hydrogen-bond acceptors (Lipinski definition) is 1. The molecular formula is C32H30F6O. The first-order valence-electron chi connectivity index (χ1n) is 13.1. The van der Waals surface area contributed by atoms with Gasteiger partial charge in [-0.25, -0.2) is 13.2 Å². The van der Waals surface area contributed by atoms with Gasteiger partial charge < -0.3 is 4.74 Å². The van der Waals surface area contributed by atoms with Crippen LogP contribution in [0.5, 0.6) is 5.75 Å². The Labute approximate surface area is 224 Å². The standard InChI is InChI=1S/C32H30F6O/c1-2-3-4-5-6-21-8-14-26(28(33)17-21)24-13-15-27-25(19-24)12-11-23(31(27)35)10-7-22-9-16-30(29(34)18-22)39-20-32(36,37)38/h8-9,11-19H,2-7,10,20H2,1H3. The maximum Gasteiger partial charge on any atom is 0.422 e. The molecule has 0 fully saturated rings. The minimum atomic E-state index is -4.56. The molecule has 0 aliphatic rings. The second kappa shape index (κ2) is 12.6. The van der Waals surface area contributed by atoms with Gasteiger partial charge in [0.05, 0.1) is 0 Å².